The lowest BCUT2D eigenvalue weighted by atomic mass is 10.0. The van der Waals surface area contributed by atoms with Gasteiger partial charge in [-0.2, -0.15) is 4.98 Å². The van der Waals surface area contributed by atoms with Crippen LogP contribution in [-0.2, 0) is 16.8 Å². The Hall–Kier alpha value is -0.940. The van der Waals surface area contributed by atoms with E-state index in [0.29, 0.717) is 18.1 Å². The van der Waals surface area contributed by atoms with Gasteiger partial charge in [0.1, 0.15) is 5.60 Å². The lowest BCUT2D eigenvalue weighted by molar-refractivity contribution is -0.0178. The van der Waals surface area contributed by atoms with E-state index in [1.54, 1.807) is 7.11 Å². The predicted molar refractivity (Wildman–Crippen MR) is 63.4 cm³/mol. The third-order valence-corrected chi connectivity index (χ3v) is 3.64. The van der Waals surface area contributed by atoms with Crippen LogP contribution in [0.2, 0.25) is 0 Å². The first kappa shape index (κ1) is 12.5. The van der Waals surface area contributed by atoms with Crippen molar-refractivity contribution in [1.29, 1.82) is 0 Å². The third-order valence-electron chi connectivity index (χ3n) is 3.64. The highest BCUT2D eigenvalue weighted by Crippen LogP contribution is 2.40. The van der Waals surface area contributed by atoms with Crippen LogP contribution >= 0.6 is 0 Å². The van der Waals surface area contributed by atoms with Crippen molar-refractivity contribution < 1.29 is 9.26 Å². The molecule has 1 aliphatic rings. The van der Waals surface area contributed by atoms with Gasteiger partial charge in [0, 0.05) is 19.6 Å². The maximum Gasteiger partial charge on any atom is 0.228 e. The molecule has 2 rings (SSSR count). The maximum absolute atomic E-state index is 5.87. The number of ether oxygens (including phenoxy) is 1. The predicted octanol–water partition coefficient (Wildman–Crippen LogP) is 1.77. The molecule has 1 saturated carbocycles. The van der Waals surface area contributed by atoms with Gasteiger partial charge in [-0.25, -0.2) is 0 Å². The molecule has 0 spiro atoms. The second-order valence-electron chi connectivity index (χ2n) is 4.79. The number of rotatable bonds is 5. The minimum Gasteiger partial charge on any atom is -0.370 e. The minimum absolute atomic E-state index is 0.0883. The summed E-state index contributed by atoms with van der Waals surface area (Å²) in [6.45, 7) is 2.05. The molecule has 1 unspecified atom stereocenters. The maximum atomic E-state index is 5.87. The zero-order valence-corrected chi connectivity index (χ0v) is 10.6. The molecule has 0 radical (unpaired) electrons. The molecule has 1 atom stereocenters. The Balaban J connectivity index is 2.11. The van der Waals surface area contributed by atoms with Crippen molar-refractivity contribution in [3.8, 4) is 0 Å². The van der Waals surface area contributed by atoms with Crippen LogP contribution in [0.25, 0.3) is 0 Å². The highest BCUT2D eigenvalue weighted by molar-refractivity contribution is 5.04. The Bertz CT molecular complexity index is 358. The van der Waals surface area contributed by atoms with E-state index in [4.69, 9.17) is 15.0 Å². The fourth-order valence-electron chi connectivity index (χ4n) is 2.36. The molecule has 0 saturated heterocycles. The van der Waals surface area contributed by atoms with E-state index in [1.165, 1.54) is 0 Å². The molecule has 1 fully saturated rings. The number of aromatic nitrogens is 2. The lowest BCUT2D eigenvalue weighted by Crippen LogP contribution is -2.26. The van der Waals surface area contributed by atoms with Crippen LogP contribution in [0.5, 0.6) is 0 Å². The van der Waals surface area contributed by atoms with Gasteiger partial charge in [-0.05, 0) is 32.1 Å². The van der Waals surface area contributed by atoms with Gasteiger partial charge in [-0.15, -0.1) is 0 Å². The average Bonchev–Trinajstić information content (AvgIpc) is 2.97. The SMILES string of the molecule is CCC(N)Cc1nc(C2(OC)CCCC2)no1. The number of hydrogen-bond donors (Lipinski definition) is 1. The normalized spacial score (nSPS) is 20.6. The summed E-state index contributed by atoms with van der Waals surface area (Å²) in [6.07, 6.45) is 5.82. The van der Waals surface area contributed by atoms with Crippen molar-refractivity contribution in [2.75, 3.05) is 7.11 Å². The molecular formula is C12H21N3O2. The zero-order chi connectivity index (χ0) is 12.3. The Morgan fingerprint density at radius 1 is 1.47 bits per heavy atom. The molecule has 0 aromatic carbocycles. The summed E-state index contributed by atoms with van der Waals surface area (Å²) in [7, 11) is 1.72. The molecule has 0 aliphatic heterocycles. The number of nitrogens with zero attached hydrogens (tertiary/aromatic N) is 2. The van der Waals surface area contributed by atoms with Crippen LogP contribution in [0.4, 0.5) is 0 Å². The van der Waals surface area contributed by atoms with Gasteiger partial charge >= 0.3 is 0 Å². The van der Waals surface area contributed by atoms with Crippen LogP contribution < -0.4 is 5.73 Å². The van der Waals surface area contributed by atoms with E-state index in [2.05, 4.69) is 17.1 Å². The molecule has 1 aromatic heterocycles. The van der Waals surface area contributed by atoms with Crippen LogP contribution in [0.3, 0.4) is 0 Å². The number of methoxy groups -OCH3 is 1. The van der Waals surface area contributed by atoms with E-state index in [-0.39, 0.29) is 11.6 Å². The summed E-state index contributed by atoms with van der Waals surface area (Å²) in [5, 5.41) is 4.06. The zero-order valence-electron chi connectivity index (χ0n) is 10.6. The van der Waals surface area contributed by atoms with Crippen molar-refractivity contribution in [2.24, 2.45) is 5.73 Å². The van der Waals surface area contributed by atoms with E-state index >= 15 is 0 Å². The number of hydrogen-bond acceptors (Lipinski definition) is 5. The summed E-state index contributed by atoms with van der Waals surface area (Å²) < 4.78 is 10.9. The molecular weight excluding hydrogens is 218 g/mol. The Kier molecular flexibility index (Phi) is 3.79. The Morgan fingerprint density at radius 3 is 2.76 bits per heavy atom. The smallest absolute Gasteiger partial charge is 0.228 e. The standard InChI is InChI=1S/C12H21N3O2/c1-3-9(13)8-10-14-11(15-17-10)12(16-2)6-4-5-7-12/h9H,3-8,13H2,1-2H3. The van der Waals surface area contributed by atoms with E-state index in [1.807, 2.05) is 0 Å². The second-order valence-corrected chi connectivity index (χ2v) is 4.79. The monoisotopic (exact) mass is 239 g/mol. The molecule has 5 nitrogen and oxygen atoms in total. The first-order valence-electron chi connectivity index (χ1n) is 6.34. The molecule has 96 valence electrons. The summed E-state index contributed by atoms with van der Waals surface area (Å²) in [5.41, 5.74) is 5.55. The van der Waals surface area contributed by atoms with Gasteiger partial charge in [0.25, 0.3) is 0 Å². The first-order valence-corrected chi connectivity index (χ1v) is 6.34. The average molecular weight is 239 g/mol. The van der Waals surface area contributed by atoms with Gasteiger partial charge in [0.2, 0.25) is 11.7 Å². The van der Waals surface area contributed by atoms with E-state index in [9.17, 15) is 0 Å². The fourth-order valence-corrected chi connectivity index (χ4v) is 2.36. The first-order chi connectivity index (χ1) is 8.20. The summed E-state index contributed by atoms with van der Waals surface area (Å²) >= 11 is 0. The van der Waals surface area contributed by atoms with Crippen LogP contribution in [0.1, 0.15) is 50.7 Å². The number of nitrogens with two attached hydrogens (primary N) is 1. The Morgan fingerprint density at radius 2 is 2.18 bits per heavy atom. The largest absolute Gasteiger partial charge is 0.370 e. The Labute approximate surface area is 102 Å². The van der Waals surface area contributed by atoms with Crippen LogP contribution in [0, 0.1) is 0 Å². The van der Waals surface area contributed by atoms with Gasteiger partial charge in [-0.3, -0.25) is 0 Å². The van der Waals surface area contributed by atoms with Crippen molar-refractivity contribution in [1.82, 2.24) is 10.1 Å². The van der Waals surface area contributed by atoms with E-state index in [0.717, 1.165) is 32.1 Å². The molecule has 17 heavy (non-hydrogen) atoms. The molecule has 1 aromatic rings. The molecule has 5 heteroatoms. The molecule has 0 amide bonds. The molecule has 1 aliphatic carbocycles. The van der Waals surface area contributed by atoms with Crippen LogP contribution in [0.15, 0.2) is 4.52 Å². The highest BCUT2D eigenvalue weighted by Gasteiger charge is 2.40. The molecule has 1 heterocycles. The lowest BCUT2D eigenvalue weighted by Gasteiger charge is -2.22. The van der Waals surface area contributed by atoms with Gasteiger partial charge < -0.3 is 15.0 Å². The van der Waals surface area contributed by atoms with Crippen molar-refractivity contribution in [3.05, 3.63) is 11.7 Å². The summed E-state index contributed by atoms with van der Waals surface area (Å²) in [6, 6.07) is 0.0883. The molecule has 0 bridgehead atoms. The van der Waals surface area contributed by atoms with Crippen molar-refractivity contribution in [2.45, 2.75) is 57.1 Å². The van der Waals surface area contributed by atoms with Crippen molar-refractivity contribution >= 4 is 0 Å². The van der Waals surface area contributed by atoms with Gasteiger partial charge in [0.15, 0.2) is 0 Å². The third kappa shape index (κ3) is 2.50. The minimum atomic E-state index is -0.321. The van der Waals surface area contributed by atoms with Crippen LogP contribution in [-0.4, -0.2) is 23.3 Å². The van der Waals surface area contributed by atoms with Crippen molar-refractivity contribution in [3.63, 3.8) is 0 Å². The highest BCUT2D eigenvalue weighted by atomic mass is 16.5. The van der Waals surface area contributed by atoms with Gasteiger partial charge in [0.05, 0.1) is 0 Å². The van der Waals surface area contributed by atoms with Gasteiger partial charge in [-0.1, -0.05) is 12.1 Å². The van der Waals surface area contributed by atoms with E-state index < -0.39 is 0 Å². The topological polar surface area (TPSA) is 74.2 Å². The second kappa shape index (κ2) is 5.14. The summed E-state index contributed by atoms with van der Waals surface area (Å²) in [4.78, 5) is 4.44. The summed E-state index contributed by atoms with van der Waals surface area (Å²) in [5.74, 6) is 1.31. The fraction of sp³-hybridized carbons (Fsp3) is 0.833. The molecule has 2 N–H and O–H groups in total. The quantitative estimate of drug-likeness (QED) is 0.847.